The van der Waals surface area contributed by atoms with Crippen LogP contribution >= 0.6 is 0 Å². The molecule has 0 atom stereocenters. The molecule has 8 heteroatoms. The summed E-state index contributed by atoms with van der Waals surface area (Å²) in [6, 6.07) is 20.5. The summed E-state index contributed by atoms with van der Waals surface area (Å²) in [5.41, 5.74) is 5.74. The Balaban J connectivity index is 1.03. The summed E-state index contributed by atoms with van der Waals surface area (Å²) in [6.45, 7) is 8.11. The smallest absolute Gasteiger partial charge is 0.138 e. The van der Waals surface area contributed by atoms with Crippen molar-refractivity contribution in [2.24, 2.45) is 0 Å². The summed E-state index contributed by atoms with van der Waals surface area (Å²) in [6.07, 6.45) is 7.91. The van der Waals surface area contributed by atoms with Gasteiger partial charge in [-0.25, -0.2) is 9.97 Å². The van der Waals surface area contributed by atoms with Crippen molar-refractivity contribution in [3.63, 3.8) is 0 Å². The molecule has 2 aliphatic rings. The van der Waals surface area contributed by atoms with Gasteiger partial charge in [-0.2, -0.15) is 0 Å². The van der Waals surface area contributed by atoms with Gasteiger partial charge >= 0.3 is 0 Å². The van der Waals surface area contributed by atoms with Crippen molar-refractivity contribution in [1.82, 2.24) is 29.7 Å². The third-order valence-electron chi connectivity index (χ3n) is 8.55. The van der Waals surface area contributed by atoms with Crippen LogP contribution in [-0.4, -0.2) is 82.2 Å². The topological polar surface area (TPSA) is 82.3 Å². The van der Waals surface area contributed by atoms with Gasteiger partial charge in [-0.3, -0.25) is 9.80 Å². The monoisotopic (exact) mass is 564 g/mol. The molecule has 2 N–H and O–H groups in total. The van der Waals surface area contributed by atoms with Gasteiger partial charge in [0.2, 0.25) is 0 Å². The van der Waals surface area contributed by atoms with Crippen molar-refractivity contribution in [2.45, 2.75) is 38.5 Å². The van der Waals surface area contributed by atoms with Gasteiger partial charge in [-0.05, 0) is 88.3 Å². The molecular formula is C34H40N6O2. The van der Waals surface area contributed by atoms with E-state index in [4.69, 9.17) is 19.4 Å². The van der Waals surface area contributed by atoms with Gasteiger partial charge in [0.05, 0.1) is 22.1 Å². The van der Waals surface area contributed by atoms with E-state index < -0.39 is 0 Å². The fraction of sp³-hybridized carbons (Fsp3) is 0.412. The number of piperidine rings is 2. The Labute approximate surface area is 247 Å². The van der Waals surface area contributed by atoms with Crippen molar-refractivity contribution in [3.05, 3.63) is 60.7 Å². The van der Waals surface area contributed by atoms with E-state index in [0.717, 1.165) is 69.4 Å². The van der Waals surface area contributed by atoms with E-state index in [1.165, 1.54) is 64.7 Å². The van der Waals surface area contributed by atoms with Gasteiger partial charge in [-0.1, -0.05) is 37.1 Å². The molecule has 5 aromatic rings. The van der Waals surface area contributed by atoms with Crippen LogP contribution in [0.15, 0.2) is 60.7 Å². The summed E-state index contributed by atoms with van der Waals surface area (Å²) in [7, 11) is 0. The fourth-order valence-electron chi connectivity index (χ4n) is 6.21. The van der Waals surface area contributed by atoms with E-state index in [0.29, 0.717) is 13.2 Å². The summed E-state index contributed by atoms with van der Waals surface area (Å²) in [4.78, 5) is 21.8. The minimum atomic E-state index is 0.704. The van der Waals surface area contributed by atoms with Crippen molar-refractivity contribution < 1.29 is 9.47 Å². The maximum atomic E-state index is 6.10. The first-order valence-electron chi connectivity index (χ1n) is 15.6. The minimum absolute atomic E-state index is 0.704. The van der Waals surface area contributed by atoms with E-state index in [-0.39, 0.29) is 0 Å². The molecule has 2 aliphatic heterocycles. The Kier molecular flexibility index (Phi) is 8.06. The van der Waals surface area contributed by atoms with Gasteiger partial charge in [0.25, 0.3) is 0 Å². The van der Waals surface area contributed by atoms with Gasteiger partial charge < -0.3 is 19.4 Å². The van der Waals surface area contributed by atoms with Crippen LogP contribution in [-0.2, 0) is 0 Å². The first kappa shape index (κ1) is 27.0. The van der Waals surface area contributed by atoms with Gasteiger partial charge in [-0.15, -0.1) is 0 Å². The SMILES string of the molecule is c1cc(OCCN2CCCCC2)cc(-c2nc3cc4nc(-c5cccc(OCCN6CCCCC6)c5)[nH]c4cc3[nH]2)c1. The molecule has 0 amide bonds. The third-order valence-corrected chi connectivity index (χ3v) is 8.55. The van der Waals surface area contributed by atoms with Crippen LogP contribution in [0, 0.1) is 0 Å². The number of imidazole rings is 2. The van der Waals surface area contributed by atoms with Gasteiger partial charge in [0, 0.05) is 24.2 Å². The number of aromatic nitrogens is 4. The molecule has 0 bridgehead atoms. The van der Waals surface area contributed by atoms with Crippen LogP contribution in [0.1, 0.15) is 38.5 Å². The molecular weight excluding hydrogens is 524 g/mol. The number of likely N-dealkylation sites (tertiary alicyclic amines) is 2. The molecule has 2 aromatic heterocycles. The van der Waals surface area contributed by atoms with Crippen molar-refractivity contribution in [2.75, 3.05) is 52.5 Å². The highest BCUT2D eigenvalue weighted by Crippen LogP contribution is 2.29. The molecule has 3 aromatic carbocycles. The molecule has 0 radical (unpaired) electrons. The highest BCUT2D eigenvalue weighted by Gasteiger charge is 2.14. The zero-order valence-corrected chi connectivity index (χ0v) is 24.3. The second kappa shape index (κ2) is 12.5. The maximum Gasteiger partial charge on any atom is 0.138 e. The predicted molar refractivity (Wildman–Crippen MR) is 168 cm³/mol. The molecule has 0 spiro atoms. The number of nitrogens with zero attached hydrogens (tertiary/aromatic N) is 4. The predicted octanol–water partition coefficient (Wildman–Crippen LogP) is 6.50. The molecule has 0 saturated carbocycles. The first-order chi connectivity index (χ1) is 20.8. The molecule has 8 nitrogen and oxygen atoms in total. The van der Waals surface area contributed by atoms with Gasteiger partial charge in [0.1, 0.15) is 36.4 Å². The Bertz CT molecular complexity index is 1460. The number of ether oxygens (including phenoxy) is 2. The normalized spacial score (nSPS) is 16.8. The summed E-state index contributed by atoms with van der Waals surface area (Å²) in [5, 5.41) is 0. The lowest BCUT2D eigenvalue weighted by Gasteiger charge is -2.26. The van der Waals surface area contributed by atoms with Crippen LogP contribution < -0.4 is 9.47 Å². The highest BCUT2D eigenvalue weighted by atomic mass is 16.5. The summed E-state index contributed by atoms with van der Waals surface area (Å²) < 4.78 is 12.2. The van der Waals surface area contributed by atoms with Crippen LogP contribution in [0.3, 0.4) is 0 Å². The van der Waals surface area contributed by atoms with Crippen LogP contribution in [0.5, 0.6) is 11.5 Å². The third kappa shape index (κ3) is 6.30. The quantitative estimate of drug-likeness (QED) is 0.201. The van der Waals surface area contributed by atoms with Crippen molar-refractivity contribution in [1.29, 1.82) is 0 Å². The Morgan fingerprint density at radius 3 is 1.52 bits per heavy atom. The Morgan fingerprint density at radius 2 is 1.05 bits per heavy atom. The van der Waals surface area contributed by atoms with Crippen LogP contribution in [0.25, 0.3) is 44.8 Å². The largest absolute Gasteiger partial charge is 0.492 e. The zero-order chi connectivity index (χ0) is 28.1. The Hall–Kier alpha value is -3.88. The van der Waals surface area contributed by atoms with Crippen LogP contribution in [0.2, 0.25) is 0 Å². The number of hydrogen-bond donors (Lipinski definition) is 2. The van der Waals surface area contributed by atoms with Crippen LogP contribution in [0.4, 0.5) is 0 Å². The second-order valence-corrected chi connectivity index (χ2v) is 11.6. The number of nitrogens with one attached hydrogen (secondary N) is 2. The number of aromatic amines is 2. The molecule has 2 saturated heterocycles. The van der Waals surface area contributed by atoms with E-state index in [1.54, 1.807) is 0 Å². The van der Waals surface area contributed by atoms with Crippen molar-refractivity contribution >= 4 is 22.1 Å². The molecule has 218 valence electrons. The summed E-state index contributed by atoms with van der Waals surface area (Å²) in [5.74, 6) is 3.41. The number of fused-ring (bicyclic) bond motifs is 2. The number of rotatable bonds is 10. The Morgan fingerprint density at radius 1 is 0.571 bits per heavy atom. The molecule has 2 fully saturated rings. The van der Waals surface area contributed by atoms with E-state index >= 15 is 0 Å². The fourth-order valence-corrected chi connectivity index (χ4v) is 6.21. The van der Waals surface area contributed by atoms with Crippen molar-refractivity contribution in [3.8, 4) is 34.3 Å². The molecule has 0 aliphatic carbocycles. The molecule has 7 rings (SSSR count). The highest BCUT2D eigenvalue weighted by molar-refractivity contribution is 5.94. The molecule has 0 unspecified atom stereocenters. The van der Waals surface area contributed by atoms with Gasteiger partial charge in [0.15, 0.2) is 0 Å². The minimum Gasteiger partial charge on any atom is -0.492 e. The number of hydrogen-bond acceptors (Lipinski definition) is 6. The average molecular weight is 565 g/mol. The summed E-state index contributed by atoms with van der Waals surface area (Å²) >= 11 is 0. The first-order valence-corrected chi connectivity index (χ1v) is 15.6. The molecule has 42 heavy (non-hydrogen) atoms. The lowest BCUT2D eigenvalue weighted by atomic mass is 10.1. The number of H-pyrrole nitrogens is 2. The number of benzene rings is 3. The van der Waals surface area contributed by atoms with E-state index in [2.05, 4.69) is 50.1 Å². The van der Waals surface area contributed by atoms with E-state index in [9.17, 15) is 0 Å². The lowest BCUT2D eigenvalue weighted by Crippen LogP contribution is -2.33. The molecule has 4 heterocycles. The zero-order valence-electron chi connectivity index (χ0n) is 24.3. The second-order valence-electron chi connectivity index (χ2n) is 11.6. The average Bonchev–Trinajstić information content (AvgIpc) is 3.65. The lowest BCUT2D eigenvalue weighted by molar-refractivity contribution is 0.183. The standard InChI is InChI=1S/C34H40N6O2/c1-3-13-39(14-4-1)17-19-41-27-11-7-9-25(21-27)33-35-29-23-31-32(24-30(29)36-33)38-34(37-31)26-10-8-12-28(22-26)42-20-18-40-15-5-2-6-16-40/h7-12,21-24H,1-6,13-20H2,(H,35,36)(H,37,38). The maximum absolute atomic E-state index is 6.10. The van der Waals surface area contributed by atoms with E-state index in [1.807, 2.05) is 30.3 Å².